The normalized spacial score (nSPS) is 15.5. The van der Waals surface area contributed by atoms with Gasteiger partial charge >= 0.3 is 0 Å². The van der Waals surface area contributed by atoms with E-state index in [0.29, 0.717) is 17.1 Å². The maximum atomic E-state index is 12.8. The molecule has 1 aliphatic heterocycles. The Labute approximate surface area is 171 Å². The number of sulfonamides is 1. The van der Waals surface area contributed by atoms with Crippen LogP contribution in [-0.4, -0.2) is 64.4 Å². The predicted molar refractivity (Wildman–Crippen MR) is 111 cm³/mol. The molecule has 1 amide bonds. The fourth-order valence-electron chi connectivity index (χ4n) is 3.07. The Kier molecular flexibility index (Phi) is 6.27. The summed E-state index contributed by atoms with van der Waals surface area (Å²) < 4.78 is 26.7. The number of hydrogen-bond donors (Lipinski definition) is 0. The molecule has 0 N–H and O–H groups in total. The standard InChI is InChI=1S/C20H24ClN3O3S/c1-22-11-13-24(14-12-22)20(25)15-16-3-7-18(8-4-16)23(2)28(26,27)19-9-5-17(21)6-10-19/h3-10H,11-15H2,1-2H3. The van der Waals surface area contributed by atoms with Gasteiger partial charge in [0.25, 0.3) is 10.0 Å². The average molecular weight is 422 g/mol. The topological polar surface area (TPSA) is 60.9 Å². The van der Waals surface area contributed by atoms with Gasteiger partial charge in [0.1, 0.15) is 0 Å². The van der Waals surface area contributed by atoms with Gasteiger partial charge in [0.05, 0.1) is 17.0 Å². The summed E-state index contributed by atoms with van der Waals surface area (Å²) in [6.07, 6.45) is 0.317. The summed E-state index contributed by atoms with van der Waals surface area (Å²) in [6.45, 7) is 3.26. The Bertz CT molecular complexity index is 922. The lowest BCUT2D eigenvalue weighted by atomic mass is 10.1. The van der Waals surface area contributed by atoms with E-state index in [1.807, 2.05) is 4.90 Å². The second-order valence-electron chi connectivity index (χ2n) is 6.95. The molecule has 1 saturated heterocycles. The van der Waals surface area contributed by atoms with Gasteiger partial charge in [0, 0.05) is 38.2 Å². The predicted octanol–water partition coefficient (Wildman–Crippen LogP) is 2.48. The van der Waals surface area contributed by atoms with Gasteiger partial charge in [-0.2, -0.15) is 0 Å². The lowest BCUT2D eigenvalue weighted by Crippen LogP contribution is -2.47. The number of anilines is 1. The van der Waals surface area contributed by atoms with E-state index in [1.54, 1.807) is 36.4 Å². The van der Waals surface area contributed by atoms with E-state index >= 15 is 0 Å². The molecule has 0 aromatic heterocycles. The molecule has 0 saturated carbocycles. The maximum absolute atomic E-state index is 12.8. The largest absolute Gasteiger partial charge is 0.340 e. The van der Waals surface area contributed by atoms with Gasteiger partial charge in [0.2, 0.25) is 5.91 Å². The summed E-state index contributed by atoms with van der Waals surface area (Å²) in [4.78, 5) is 16.7. The molecule has 0 radical (unpaired) electrons. The van der Waals surface area contributed by atoms with Crippen molar-refractivity contribution in [2.75, 3.05) is 44.6 Å². The van der Waals surface area contributed by atoms with Gasteiger partial charge in [-0.15, -0.1) is 0 Å². The first kappa shape index (κ1) is 20.6. The van der Waals surface area contributed by atoms with Gasteiger partial charge < -0.3 is 9.80 Å². The molecule has 1 heterocycles. The Balaban J connectivity index is 1.68. The summed E-state index contributed by atoms with van der Waals surface area (Å²) in [5.41, 5.74) is 1.40. The van der Waals surface area contributed by atoms with Crippen LogP contribution in [0, 0.1) is 0 Å². The average Bonchev–Trinajstić information content (AvgIpc) is 2.69. The summed E-state index contributed by atoms with van der Waals surface area (Å²) in [5, 5.41) is 0.482. The highest BCUT2D eigenvalue weighted by Gasteiger charge is 2.22. The molecule has 0 unspecified atom stereocenters. The number of amides is 1. The number of nitrogens with zero attached hydrogens (tertiary/aromatic N) is 3. The van der Waals surface area contributed by atoms with Crippen molar-refractivity contribution >= 4 is 33.2 Å². The van der Waals surface area contributed by atoms with Crippen molar-refractivity contribution < 1.29 is 13.2 Å². The Morgan fingerprint density at radius 3 is 2.14 bits per heavy atom. The van der Waals surface area contributed by atoms with Gasteiger partial charge in [-0.25, -0.2) is 8.42 Å². The number of rotatable bonds is 5. The van der Waals surface area contributed by atoms with E-state index in [9.17, 15) is 13.2 Å². The van der Waals surface area contributed by atoms with Crippen LogP contribution in [0.4, 0.5) is 5.69 Å². The maximum Gasteiger partial charge on any atom is 0.264 e. The first-order valence-corrected chi connectivity index (χ1v) is 10.9. The molecular formula is C20H24ClN3O3S. The van der Waals surface area contributed by atoms with E-state index in [2.05, 4.69) is 11.9 Å². The van der Waals surface area contributed by atoms with Crippen LogP contribution in [0.5, 0.6) is 0 Å². The van der Waals surface area contributed by atoms with Crippen LogP contribution in [0.1, 0.15) is 5.56 Å². The van der Waals surface area contributed by atoms with Crippen molar-refractivity contribution in [2.45, 2.75) is 11.3 Å². The van der Waals surface area contributed by atoms with Gasteiger partial charge in [0.15, 0.2) is 0 Å². The zero-order valence-corrected chi connectivity index (χ0v) is 17.6. The molecule has 0 bridgehead atoms. The van der Waals surface area contributed by atoms with Crippen molar-refractivity contribution in [3.63, 3.8) is 0 Å². The first-order valence-electron chi connectivity index (χ1n) is 9.07. The van der Waals surface area contributed by atoms with E-state index in [-0.39, 0.29) is 10.8 Å². The Hall–Kier alpha value is -2.09. The first-order chi connectivity index (χ1) is 13.3. The van der Waals surface area contributed by atoms with Gasteiger partial charge in [-0.3, -0.25) is 9.10 Å². The molecule has 3 rings (SSSR count). The smallest absolute Gasteiger partial charge is 0.264 e. The molecule has 150 valence electrons. The fourth-order valence-corrected chi connectivity index (χ4v) is 4.39. The molecule has 0 atom stereocenters. The molecule has 0 aliphatic carbocycles. The monoisotopic (exact) mass is 421 g/mol. The van der Waals surface area contributed by atoms with Crippen molar-refractivity contribution in [1.82, 2.24) is 9.80 Å². The summed E-state index contributed by atoms with van der Waals surface area (Å²) in [7, 11) is -0.113. The van der Waals surface area contributed by atoms with Crippen molar-refractivity contribution in [1.29, 1.82) is 0 Å². The quantitative estimate of drug-likeness (QED) is 0.744. The van der Waals surface area contributed by atoms with Crippen molar-refractivity contribution in [2.24, 2.45) is 0 Å². The third kappa shape index (κ3) is 4.66. The van der Waals surface area contributed by atoms with Crippen LogP contribution in [-0.2, 0) is 21.2 Å². The summed E-state index contributed by atoms with van der Waals surface area (Å²) >= 11 is 5.84. The van der Waals surface area contributed by atoms with Crippen LogP contribution in [0.2, 0.25) is 5.02 Å². The molecule has 6 nitrogen and oxygen atoms in total. The van der Waals surface area contributed by atoms with Gasteiger partial charge in [-0.05, 0) is 49.0 Å². The minimum atomic E-state index is -3.67. The van der Waals surface area contributed by atoms with Crippen LogP contribution in [0.3, 0.4) is 0 Å². The number of piperazine rings is 1. The lowest BCUT2D eigenvalue weighted by molar-refractivity contribution is -0.132. The number of carbonyl (C=O) groups is 1. The second kappa shape index (κ2) is 8.51. The Morgan fingerprint density at radius 2 is 1.57 bits per heavy atom. The molecule has 8 heteroatoms. The Morgan fingerprint density at radius 1 is 1.00 bits per heavy atom. The molecule has 1 aliphatic rings. The number of halogens is 1. The van der Waals surface area contributed by atoms with Crippen LogP contribution in [0.25, 0.3) is 0 Å². The highest BCUT2D eigenvalue weighted by atomic mass is 35.5. The molecule has 2 aromatic rings. The zero-order chi connectivity index (χ0) is 20.3. The molecule has 2 aromatic carbocycles. The van der Waals surface area contributed by atoms with Gasteiger partial charge in [-0.1, -0.05) is 23.7 Å². The second-order valence-corrected chi connectivity index (χ2v) is 9.36. The molecular weight excluding hydrogens is 398 g/mol. The highest BCUT2D eigenvalue weighted by molar-refractivity contribution is 7.92. The van der Waals surface area contributed by atoms with Crippen LogP contribution >= 0.6 is 11.6 Å². The lowest BCUT2D eigenvalue weighted by Gasteiger charge is -2.32. The van der Waals surface area contributed by atoms with Crippen LogP contribution in [0.15, 0.2) is 53.4 Å². The van der Waals surface area contributed by atoms with E-state index < -0.39 is 10.0 Å². The van der Waals surface area contributed by atoms with Crippen LogP contribution < -0.4 is 4.31 Å². The number of carbonyl (C=O) groups excluding carboxylic acids is 1. The SMILES string of the molecule is CN1CCN(C(=O)Cc2ccc(N(C)S(=O)(=O)c3ccc(Cl)cc3)cc2)CC1. The van der Waals surface area contributed by atoms with Crippen molar-refractivity contribution in [3.8, 4) is 0 Å². The number of hydrogen-bond acceptors (Lipinski definition) is 4. The number of benzene rings is 2. The van der Waals surface area contributed by atoms with Crippen molar-refractivity contribution in [3.05, 3.63) is 59.1 Å². The summed E-state index contributed by atoms with van der Waals surface area (Å²) in [6, 6.07) is 13.1. The minimum Gasteiger partial charge on any atom is -0.340 e. The highest BCUT2D eigenvalue weighted by Crippen LogP contribution is 2.23. The summed E-state index contributed by atoms with van der Waals surface area (Å²) in [5.74, 6) is 0.1000. The van der Waals surface area contributed by atoms with E-state index in [1.165, 1.54) is 23.5 Å². The molecule has 0 spiro atoms. The third-order valence-corrected chi connectivity index (χ3v) is 7.04. The molecule has 1 fully saturated rings. The third-order valence-electron chi connectivity index (χ3n) is 4.98. The zero-order valence-electron chi connectivity index (χ0n) is 16.0. The van der Waals surface area contributed by atoms with E-state index in [4.69, 9.17) is 11.6 Å². The number of likely N-dealkylation sites (N-methyl/N-ethyl adjacent to an activating group) is 1. The minimum absolute atomic E-state index is 0.1000. The fraction of sp³-hybridized carbons (Fsp3) is 0.350. The van der Waals surface area contributed by atoms with E-state index in [0.717, 1.165) is 31.7 Å². The molecule has 28 heavy (non-hydrogen) atoms.